The molecule has 130 valence electrons. The maximum absolute atomic E-state index is 12.1. The number of pyridine rings is 1. The summed E-state index contributed by atoms with van der Waals surface area (Å²) in [5, 5.41) is 9.97. The number of ether oxygens (including phenoxy) is 1. The highest BCUT2D eigenvalue weighted by Gasteiger charge is 2.40. The molecule has 0 radical (unpaired) electrons. The van der Waals surface area contributed by atoms with Crippen LogP contribution in [0.4, 0.5) is 5.82 Å². The maximum Gasteiger partial charge on any atom is 0.311 e. The number of hydrogen-bond acceptors (Lipinski definition) is 5. The first-order valence-electron chi connectivity index (χ1n) is 8.60. The topological polar surface area (TPSA) is 66.2 Å². The van der Waals surface area contributed by atoms with Crippen molar-refractivity contribution in [1.29, 1.82) is 5.26 Å². The highest BCUT2D eigenvalue weighted by Crippen LogP contribution is 2.36. The molecule has 1 aromatic heterocycles. The molecule has 1 fully saturated rings. The lowest BCUT2D eigenvalue weighted by Crippen LogP contribution is -2.45. The Bertz CT molecular complexity index is 838. The van der Waals surface area contributed by atoms with Gasteiger partial charge in [0.25, 0.3) is 0 Å². The van der Waals surface area contributed by atoms with Gasteiger partial charge in [-0.3, -0.25) is 4.79 Å². The van der Waals surface area contributed by atoms with Crippen LogP contribution in [0, 0.1) is 22.7 Å². The van der Waals surface area contributed by atoms with Gasteiger partial charge in [0.2, 0.25) is 0 Å². The van der Waals surface area contributed by atoms with E-state index in [2.05, 4.69) is 11.0 Å². The molecule has 2 heterocycles. The standard InChI is InChI=1S/C20H23N3O2/c1-20(2,19(24)25-3)16-5-4-10-23(13-16)18-9-7-15-11-14(12-21)6-8-17(15)22-18/h6-9,11,16H,4-5,10,13H2,1-3H3. The van der Waals surface area contributed by atoms with Crippen molar-refractivity contribution < 1.29 is 9.53 Å². The molecule has 25 heavy (non-hydrogen) atoms. The predicted octanol–water partition coefficient (Wildman–Crippen LogP) is 3.52. The molecule has 0 spiro atoms. The fourth-order valence-electron chi connectivity index (χ4n) is 3.56. The number of aromatic nitrogens is 1. The second-order valence-corrected chi connectivity index (χ2v) is 7.19. The summed E-state index contributed by atoms with van der Waals surface area (Å²) in [4.78, 5) is 19.1. The number of fused-ring (bicyclic) bond motifs is 1. The third kappa shape index (κ3) is 3.30. The Morgan fingerprint density at radius 3 is 2.88 bits per heavy atom. The average molecular weight is 337 g/mol. The van der Waals surface area contributed by atoms with Crippen LogP contribution >= 0.6 is 0 Å². The van der Waals surface area contributed by atoms with Gasteiger partial charge in [-0.2, -0.15) is 5.26 Å². The lowest BCUT2D eigenvalue weighted by atomic mass is 9.74. The van der Waals surface area contributed by atoms with Gasteiger partial charge in [0.05, 0.1) is 29.7 Å². The van der Waals surface area contributed by atoms with Gasteiger partial charge in [-0.15, -0.1) is 0 Å². The van der Waals surface area contributed by atoms with E-state index in [0.29, 0.717) is 5.56 Å². The zero-order valence-corrected chi connectivity index (χ0v) is 15.0. The van der Waals surface area contributed by atoms with Crippen molar-refractivity contribution in [1.82, 2.24) is 4.98 Å². The van der Waals surface area contributed by atoms with Crippen LogP contribution in [0.25, 0.3) is 10.9 Å². The van der Waals surface area contributed by atoms with Crippen LogP contribution in [0.1, 0.15) is 32.3 Å². The summed E-state index contributed by atoms with van der Waals surface area (Å²) in [6.07, 6.45) is 2.04. The summed E-state index contributed by atoms with van der Waals surface area (Å²) in [6, 6.07) is 11.7. The van der Waals surface area contributed by atoms with Crippen molar-refractivity contribution in [3.05, 3.63) is 35.9 Å². The second-order valence-electron chi connectivity index (χ2n) is 7.19. The molecule has 1 unspecified atom stereocenters. The van der Waals surface area contributed by atoms with Crippen LogP contribution in [0.2, 0.25) is 0 Å². The number of carbonyl (C=O) groups excluding carboxylic acids is 1. The molecule has 1 aliphatic rings. The summed E-state index contributed by atoms with van der Waals surface area (Å²) in [5.41, 5.74) is 1.01. The Morgan fingerprint density at radius 2 is 2.16 bits per heavy atom. The summed E-state index contributed by atoms with van der Waals surface area (Å²) in [5.74, 6) is 0.990. The van der Waals surface area contributed by atoms with Crippen LogP contribution in [0.15, 0.2) is 30.3 Å². The van der Waals surface area contributed by atoms with Crippen molar-refractivity contribution in [2.75, 3.05) is 25.1 Å². The third-order valence-electron chi connectivity index (χ3n) is 5.28. The molecule has 2 aromatic rings. The average Bonchev–Trinajstić information content (AvgIpc) is 2.66. The molecular formula is C20H23N3O2. The SMILES string of the molecule is COC(=O)C(C)(C)C1CCCN(c2ccc3cc(C#N)ccc3n2)C1. The van der Waals surface area contributed by atoms with E-state index in [1.54, 1.807) is 6.07 Å². The first-order valence-corrected chi connectivity index (χ1v) is 8.60. The molecule has 5 heteroatoms. The number of anilines is 1. The van der Waals surface area contributed by atoms with Crippen LogP contribution in [0.3, 0.4) is 0 Å². The van der Waals surface area contributed by atoms with E-state index in [9.17, 15) is 4.79 Å². The lowest BCUT2D eigenvalue weighted by Gasteiger charge is -2.40. The molecule has 0 amide bonds. The van der Waals surface area contributed by atoms with E-state index in [0.717, 1.165) is 42.7 Å². The molecule has 0 aliphatic carbocycles. The summed E-state index contributed by atoms with van der Waals surface area (Å²) in [7, 11) is 1.45. The molecule has 0 saturated carbocycles. The van der Waals surface area contributed by atoms with Crippen molar-refractivity contribution in [2.45, 2.75) is 26.7 Å². The summed E-state index contributed by atoms with van der Waals surface area (Å²) < 4.78 is 4.99. The van der Waals surface area contributed by atoms with Gasteiger partial charge < -0.3 is 9.64 Å². The number of nitriles is 1. The molecular weight excluding hydrogens is 314 g/mol. The van der Waals surface area contributed by atoms with Crippen LogP contribution in [0.5, 0.6) is 0 Å². The molecule has 5 nitrogen and oxygen atoms in total. The smallest absolute Gasteiger partial charge is 0.311 e. The zero-order chi connectivity index (χ0) is 18.0. The number of methoxy groups -OCH3 is 1. The van der Waals surface area contributed by atoms with Gasteiger partial charge >= 0.3 is 5.97 Å². The van der Waals surface area contributed by atoms with Gasteiger partial charge in [-0.05, 0) is 62.9 Å². The fraction of sp³-hybridized carbons (Fsp3) is 0.450. The minimum Gasteiger partial charge on any atom is -0.469 e. The third-order valence-corrected chi connectivity index (χ3v) is 5.28. The largest absolute Gasteiger partial charge is 0.469 e. The van der Waals surface area contributed by atoms with E-state index in [1.807, 2.05) is 38.1 Å². The Labute approximate surface area is 148 Å². The Kier molecular flexibility index (Phi) is 4.63. The summed E-state index contributed by atoms with van der Waals surface area (Å²) >= 11 is 0. The molecule has 1 aromatic carbocycles. The van der Waals surface area contributed by atoms with Crippen LogP contribution in [-0.2, 0) is 9.53 Å². The van der Waals surface area contributed by atoms with E-state index in [4.69, 9.17) is 15.0 Å². The van der Waals surface area contributed by atoms with Crippen molar-refractivity contribution in [3.63, 3.8) is 0 Å². The van der Waals surface area contributed by atoms with Crippen LogP contribution in [-0.4, -0.2) is 31.2 Å². The number of esters is 1. The number of rotatable bonds is 3. The number of nitrogens with zero attached hydrogens (tertiary/aromatic N) is 3. The Morgan fingerprint density at radius 1 is 1.36 bits per heavy atom. The molecule has 1 atom stereocenters. The first-order chi connectivity index (χ1) is 12.0. The molecule has 0 bridgehead atoms. The first kappa shape index (κ1) is 17.2. The molecule has 0 N–H and O–H groups in total. The number of piperidine rings is 1. The fourth-order valence-corrected chi connectivity index (χ4v) is 3.56. The number of hydrogen-bond donors (Lipinski definition) is 0. The molecule has 1 aliphatic heterocycles. The Balaban J connectivity index is 1.85. The van der Waals surface area contributed by atoms with Gasteiger partial charge in [0, 0.05) is 18.5 Å². The van der Waals surface area contributed by atoms with Gasteiger partial charge in [-0.25, -0.2) is 4.98 Å². The van der Waals surface area contributed by atoms with Crippen molar-refractivity contribution in [2.24, 2.45) is 11.3 Å². The normalized spacial score (nSPS) is 18.0. The predicted molar refractivity (Wildman–Crippen MR) is 97.2 cm³/mol. The van der Waals surface area contributed by atoms with E-state index < -0.39 is 5.41 Å². The quantitative estimate of drug-likeness (QED) is 0.802. The summed E-state index contributed by atoms with van der Waals surface area (Å²) in [6.45, 7) is 5.65. The van der Waals surface area contributed by atoms with Crippen LogP contribution < -0.4 is 4.90 Å². The van der Waals surface area contributed by atoms with Gasteiger partial charge in [0.1, 0.15) is 5.82 Å². The van der Waals surface area contributed by atoms with Crippen molar-refractivity contribution in [3.8, 4) is 6.07 Å². The van der Waals surface area contributed by atoms with E-state index in [-0.39, 0.29) is 11.9 Å². The highest BCUT2D eigenvalue weighted by molar-refractivity contribution is 5.82. The van der Waals surface area contributed by atoms with Gasteiger partial charge in [-0.1, -0.05) is 0 Å². The number of benzene rings is 1. The van der Waals surface area contributed by atoms with Gasteiger partial charge in [0.15, 0.2) is 0 Å². The second kappa shape index (κ2) is 6.72. The molecule has 3 rings (SSSR count). The molecule has 1 saturated heterocycles. The van der Waals surface area contributed by atoms with Crippen molar-refractivity contribution >= 4 is 22.7 Å². The Hall–Kier alpha value is -2.61. The zero-order valence-electron chi connectivity index (χ0n) is 15.0. The maximum atomic E-state index is 12.1. The minimum atomic E-state index is -0.508. The monoisotopic (exact) mass is 337 g/mol. The van der Waals surface area contributed by atoms with E-state index in [1.165, 1.54) is 7.11 Å². The van der Waals surface area contributed by atoms with E-state index >= 15 is 0 Å². The highest BCUT2D eigenvalue weighted by atomic mass is 16.5. The lowest BCUT2D eigenvalue weighted by molar-refractivity contribution is -0.154. The number of carbonyl (C=O) groups is 1. The minimum absolute atomic E-state index is 0.158.